The standard InChI is InChI=1S/C17H19N7O/c1-11-5-14-16(21-11)17(19-10-18-14)22-7-13(8-22)24-9-12(6-20-24)23-4-2-3-15(23)25/h5-6,9-10,13,21H,2-4,7-8H2,1H3. The van der Waals surface area contributed by atoms with Gasteiger partial charge in [0, 0.05) is 37.9 Å². The first kappa shape index (κ1) is 14.4. The number of nitrogens with zero attached hydrogens (tertiary/aromatic N) is 6. The highest BCUT2D eigenvalue weighted by Gasteiger charge is 2.32. The number of aromatic nitrogens is 5. The first-order valence-electron chi connectivity index (χ1n) is 8.59. The fourth-order valence-electron chi connectivity index (χ4n) is 3.68. The molecule has 5 heterocycles. The van der Waals surface area contributed by atoms with Gasteiger partial charge < -0.3 is 14.8 Å². The maximum Gasteiger partial charge on any atom is 0.227 e. The average Bonchev–Trinajstić information content (AvgIpc) is 3.25. The summed E-state index contributed by atoms with van der Waals surface area (Å²) >= 11 is 0. The van der Waals surface area contributed by atoms with Crippen molar-refractivity contribution in [2.45, 2.75) is 25.8 Å². The predicted molar refractivity (Wildman–Crippen MR) is 93.7 cm³/mol. The summed E-state index contributed by atoms with van der Waals surface area (Å²) in [4.78, 5) is 28.0. The van der Waals surface area contributed by atoms with Crippen molar-refractivity contribution in [1.82, 2.24) is 24.7 Å². The summed E-state index contributed by atoms with van der Waals surface area (Å²) in [5.41, 5.74) is 3.92. The van der Waals surface area contributed by atoms with Gasteiger partial charge >= 0.3 is 0 Å². The molecule has 2 saturated heterocycles. The van der Waals surface area contributed by atoms with Crippen LogP contribution < -0.4 is 9.80 Å². The van der Waals surface area contributed by atoms with E-state index in [-0.39, 0.29) is 5.91 Å². The topological polar surface area (TPSA) is 82.9 Å². The van der Waals surface area contributed by atoms with Crippen LogP contribution in [0.15, 0.2) is 24.8 Å². The van der Waals surface area contributed by atoms with Gasteiger partial charge in [-0.05, 0) is 19.4 Å². The van der Waals surface area contributed by atoms with E-state index in [0.29, 0.717) is 12.5 Å². The van der Waals surface area contributed by atoms with Crippen LogP contribution in [0, 0.1) is 6.92 Å². The molecule has 1 amide bonds. The van der Waals surface area contributed by atoms with Crippen molar-refractivity contribution in [1.29, 1.82) is 0 Å². The summed E-state index contributed by atoms with van der Waals surface area (Å²) in [6, 6.07) is 2.33. The van der Waals surface area contributed by atoms with Crippen molar-refractivity contribution < 1.29 is 4.79 Å². The molecule has 8 nitrogen and oxygen atoms in total. The predicted octanol–water partition coefficient (Wildman–Crippen LogP) is 1.65. The van der Waals surface area contributed by atoms with Crippen molar-refractivity contribution in [3.8, 4) is 0 Å². The van der Waals surface area contributed by atoms with Gasteiger partial charge in [-0.2, -0.15) is 5.10 Å². The Morgan fingerprint density at radius 3 is 2.96 bits per heavy atom. The van der Waals surface area contributed by atoms with E-state index in [9.17, 15) is 4.79 Å². The van der Waals surface area contributed by atoms with Crippen molar-refractivity contribution in [3.05, 3.63) is 30.5 Å². The largest absolute Gasteiger partial charge is 0.354 e. The number of hydrogen-bond acceptors (Lipinski definition) is 5. The smallest absolute Gasteiger partial charge is 0.227 e. The second-order valence-corrected chi connectivity index (χ2v) is 6.80. The molecule has 3 aromatic heterocycles. The number of carbonyl (C=O) groups excluding carboxylic acids is 1. The van der Waals surface area contributed by atoms with Gasteiger partial charge in [0.25, 0.3) is 0 Å². The highest BCUT2D eigenvalue weighted by molar-refractivity contribution is 5.95. The third kappa shape index (κ3) is 2.28. The zero-order valence-corrected chi connectivity index (χ0v) is 14.0. The Bertz CT molecular complexity index is 953. The Hall–Kier alpha value is -2.90. The summed E-state index contributed by atoms with van der Waals surface area (Å²) < 4.78 is 1.97. The highest BCUT2D eigenvalue weighted by atomic mass is 16.2. The molecule has 5 rings (SSSR count). The van der Waals surface area contributed by atoms with Crippen molar-refractivity contribution in [2.75, 3.05) is 29.4 Å². The number of hydrogen-bond donors (Lipinski definition) is 1. The van der Waals surface area contributed by atoms with E-state index in [4.69, 9.17) is 0 Å². The number of aryl methyl sites for hydroxylation is 1. The summed E-state index contributed by atoms with van der Waals surface area (Å²) in [6.45, 7) is 4.51. The highest BCUT2D eigenvalue weighted by Crippen LogP contribution is 2.31. The molecule has 2 aliphatic rings. The molecule has 0 aromatic carbocycles. The minimum Gasteiger partial charge on any atom is -0.354 e. The lowest BCUT2D eigenvalue weighted by Crippen LogP contribution is -2.48. The number of H-pyrrole nitrogens is 1. The van der Waals surface area contributed by atoms with Gasteiger partial charge in [0.2, 0.25) is 5.91 Å². The molecule has 0 aliphatic carbocycles. The van der Waals surface area contributed by atoms with Gasteiger partial charge in [-0.1, -0.05) is 0 Å². The van der Waals surface area contributed by atoms with Crippen LogP contribution in [0.25, 0.3) is 11.0 Å². The number of amides is 1. The molecule has 2 fully saturated rings. The lowest BCUT2D eigenvalue weighted by atomic mass is 10.1. The average molecular weight is 337 g/mol. The number of nitrogens with one attached hydrogen (secondary N) is 1. The molecule has 8 heteroatoms. The molecule has 1 N–H and O–H groups in total. The quantitative estimate of drug-likeness (QED) is 0.786. The Kier molecular flexibility index (Phi) is 3.06. The van der Waals surface area contributed by atoms with Crippen LogP contribution in [0.2, 0.25) is 0 Å². The Balaban J connectivity index is 1.33. The van der Waals surface area contributed by atoms with Crippen LogP contribution >= 0.6 is 0 Å². The van der Waals surface area contributed by atoms with E-state index < -0.39 is 0 Å². The molecular weight excluding hydrogens is 318 g/mol. The zero-order chi connectivity index (χ0) is 17.0. The summed E-state index contributed by atoms with van der Waals surface area (Å²) in [7, 11) is 0. The molecule has 25 heavy (non-hydrogen) atoms. The van der Waals surface area contributed by atoms with Crippen LogP contribution in [-0.2, 0) is 4.79 Å². The Morgan fingerprint density at radius 1 is 1.28 bits per heavy atom. The molecule has 0 unspecified atom stereocenters. The Morgan fingerprint density at radius 2 is 2.16 bits per heavy atom. The molecule has 0 spiro atoms. The minimum atomic E-state index is 0.195. The number of anilines is 2. The van der Waals surface area contributed by atoms with Gasteiger partial charge in [-0.3, -0.25) is 9.48 Å². The molecule has 0 saturated carbocycles. The SMILES string of the molecule is Cc1cc2ncnc(N3CC(n4cc(N5CCCC5=O)cn4)C3)c2[nH]1. The summed E-state index contributed by atoms with van der Waals surface area (Å²) in [5, 5.41) is 4.47. The van der Waals surface area contributed by atoms with E-state index in [0.717, 1.165) is 54.3 Å². The first-order valence-corrected chi connectivity index (χ1v) is 8.59. The molecule has 0 bridgehead atoms. The molecule has 0 atom stereocenters. The van der Waals surface area contributed by atoms with Gasteiger partial charge in [0.1, 0.15) is 11.8 Å². The first-order chi connectivity index (χ1) is 12.2. The van der Waals surface area contributed by atoms with E-state index in [2.05, 4.69) is 25.0 Å². The van der Waals surface area contributed by atoms with E-state index in [1.807, 2.05) is 28.8 Å². The second kappa shape index (κ2) is 5.30. The summed E-state index contributed by atoms with van der Waals surface area (Å²) in [5.74, 6) is 1.14. The molecule has 3 aromatic rings. The number of carbonyl (C=O) groups is 1. The van der Waals surface area contributed by atoms with Crippen LogP contribution in [-0.4, -0.2) is 50.3 Å². The van der Waals surface area contributed by atoms with Crippen molar-refractivity contribution in [2.24, 2.45) is 0 Å². The van der Waals surface area contributed by atoms with E-state index in [1.54, 1.807) is 12.5 Å². The monoisotopic (exact) mass is 337 g/mol. The zero-order valence-electron chi connectivity index (χ0n) is 14.0. The third-order valence-corrected chi connectivity index (χ3v) is 5.04. The third-order valence-electron chi connectivity index (χ3n) is 5.04. The lowest BCUT2D eigenvalue weighted by molar-refractivity contribution is -0.117. The molecule has 2 aliphatic heterocycles. The lowest BCUT2D eigenvalue weighted by Gasteiger charge is -2.40. The Labute approximate surface area is 144 Å². The molecule has 0 radical (unpaired) electrons. The fourth-order valence-corrected chi connectivity index (χ4v) is 3.68. The fraction of sp³-hybridized carbons (Fsp3) is 0.412. The van der Waals surface area contributed by atoms with Crippen molar-refractivity contribution >= 4 is 28.4 Å². The van der Waals surface area contributed by atoms with E-state index >= 15 is 0 Å². The van der Waals surface area contributed by atoms with Gasteiger partial charge in [-0.25, -0.2) is 9.97 Å². The van der Waals surface area contributed by atoms with Crippen LogP contribution in [0.3, 0.4) is 0 Å². The normalized spacial score (nSPS) is 18.4. The second-order valence-electron chi connectivity index (χ2n) is 6.80. The molecular formula is C17H19N7O. The van der Waals surface area contributed by atoms with E-state index in [1.165, 1.54) is 0 Å². The van der Waals surface area contributed by atoms with Crippen LogP contribution in [0.4, 0.5) is 11.5 Å². The summed E-state index contributed by atoms with van der Waals surface area (Å²) in [6.07, 6.45) is 6.97. The van der Waals surface area contributed by atoms with Crippen LogP contribution in [0.1, 0.15) is 24.6 Å². The van der Waals surface area contributed by atoms with Crippen molar-refractivity contribution in [3.63, 3.8) is 0 Å². The number of aromatic amines is 1. The van der Waals surface area contributed by atoms with Gasteiger partial charge in [0.15, 0.2) is 5.82 Å². The van der Waals surface area contributed by atoms with Crippen LogP contribution in [0.5, 0.6) is 0 Å². The maximum absolute atomic E-state index is 11.9. The number of rotatable bonds is 3. The van der Waals surface area contributed by atoms with Gasteiger partial charge in [0.05, 0.1) is 23.4 Å². The van der Waals surface area contributed by atoms with Gasteiger partial charge in [-0.15, -0.1) is 0 Å². The molecule has 128 valence electrons. The minimum absolute atomic E-state index is 0.195. The maximum atomic E-state index is 11.9. The number of fused-ring (bicyclic) bond motifs is 1.